The van der Waals surface area contributed by atoms with Gasteiger partial charge in [-0.25, -0.2) is 0 Å². The lowest BCUT2D eigenvalue weighted by molar-refractivity contribution is -0.0570. The molecule has 0 bridgehead atoms. The molecule has 0 saturated heterocycles. The summed E-state index contributed by atoms with van der Waals surface area (Å²) in [6, 6.07) is 20.5. The van der Waals surface area contributed by atoms with E-state index in [4.69, 9.17) is 4.28 Å². The van der Waals surface area contributed by atoms with E-state index in [2.05, 4.69) is 0 Å². The van der Waals surface area contributed by atoms with Crippen molar-refractivity contribution in [1.29, 1.82) is 0 Å². The van der Waals surface area contributed by atoms with Gasteiger partial charge in [-0.1, -0.05) is 60.7 Å². The molecule has 4 nitrogen and oxygen atoms in total. The molecule has 0 fully saturated rings. The van der Waals surface area contributed by atoms with E-state index in [0.29, 0.717) is 18.5 Å². The van der Waals surface area contributed by atoms with Crippen LogP contribution in [0, 0.1) is 0 Å². The normalized spacial score (nSPS) is 15.0. The Hall–Kier alpha value is -2.21. The largest absolute Gasteiger partial charge is 0.313 e. The number of rotatable bonds is 3. The Labute approximate surface area is 135 Å². The SMILES string of the molecule is O=S(=O)(ON1Cc2ccccc2C1)c1cccc2ccccc12. The molecule has 0 saturated carbocycles. The zero-order valence-electron chi connectivity index (χ0n) is 12.3. The standard InChI is InChI=1S/C18H15NO3S/c20-23(21,18-11-5-9-14-6-3-4-10-17(14)18)22-19-12-15-7-1-2-8-16(15)13-19/h1-11H,12-13H2. The van der Waals surface area contributed by atoms with Gasteiger partial charge in [0.25, 0.3) is 0 Å². The highest BCUT2D eigenvalue weighted by Gasteiger charge is 2.27. The Kier molecular flexibility index (Phi) is 3.41. The molecular formula is C18H15NO3S. The van der Waals surface area contributed by atoms with E-state index in [1.54, 1.807) is 18.2 Å². The van der Waals surface area contributed by atoms with Gasteiger partial charge in [0.2, 0.25) is 0 Å². The average molecular weight is 325 g/mol. The van der Waals surface area contributed by atoms with Crippen LogP contribution in [0.15, 0.2) is 71.6 Å². The summed E-state index contributed by atoms with van der Waals surface area (Å²) in [6.45, 7) is 0.945. The van der Waals surface area contributed by atoms with Gasteiger partial charge in [-0.15, -0.1) is 0 Å². The van der Waals surface area contributed by atoms with E-state index in [-0.39, 0.29) is 4.90 Å². The molecule has 116 valence electrons. The first-order chi connectivity index (χ1) is 11.1. The van der Waals surface area contributed by atoms with Crippen LogP contribution in [0.1, 0.15) is 11.1 Å². The molecule has 0 N–H and O–H groups in total. The van der Waals surface area contributed by atoms with Crippen LogP contribution in [0.3, 0.4) is 0 Å². The molecule has 0 aliphatic carbocycles. The molecule has 1 aliphatic rings. The van der Waals surface area contributed by atoms with Crippen molar-refractivity contribution in [2.75, 3.05) is 0 Å². The quantitative estimate of drug-likeness (QED) is 0.740. The summed E-state index contributed by atoms with van der Waals surface area (Å²) in [7, 11) is -3.86. The number of hydroxylamine groups is 2. The highest BCUT2D eigenvalue weighted by Crippen LogP contribution is 2.28. The van der Waals surface area contributed by atoms with Gasteiger partial charge in [-0.3, -0.25) is 0 Å². The Morgan fingerprint density at radius 3 is 2.13 bits per heavy atom. The molecule has 1 heterocycles. The lowest BCUT2D eigenvalue weighted by Gasteiger charge is -2.15. The Morgan fingerprint density at radius 1 is 0.783 bits per heavy atom. The maximum absolute atomic E-state index is 12.7. The summed E-state index contributed by atoms with van der Waals surface area (Å²) < 4.78 is 30.8. The molecule has 3 aromatic carbocycles. The van der Waals surface area contributed by atoms with Crippen LogP contribution in [-0.2, 0) is 27.5 Å². The number of hydrogen-bond acceptors (Lipinski definition) is 4. The molecule has 1 aliphatic heterocycles. The lowest BCUT2D eigenvalue weighted by atomic mass is 10.1. The van der Waals surface area contributed by atoms with Gasteiger partial charge in [0.15, 0.2) is 0 Å². The van der Waals surface area contributed by atoms with Crippen molar-refractivity contribution in [3.05, 3.63) is 77.9 Å². The second kappa shape index (κ2) is 5.45. The van der Waals surface area contributed by atoms with Crippen LogP contribution in [-0.4, -0.2) is 13.5 Å². The first kappa shape index (κ1) is 14.4. The van der Waals surface area contributed by atoms with Crippen LogP contribution in [0.2, 0.25) is 0 Å². The maximum Gasteiger partial charge on any atom is 0.313 e. The van der Waals surface area contributed by atoms with E-state index >= 15 is 0 Å². The molecule has 4 rings (SSSR count). The molecule has 23 heavy (non-hydrogen) atoms. The number of fused-ring (bicyclic) bond motifs is 2. The summed E-state index contributed by atoms with van der Waals surface area (Å²) >= 11 is 0. The second-order valence-corrected chi connectivity index (χ2v) is 7.07. The molecule has 0 amide bonds. The topological polar surface area (TPSA) is 46.6 Å². The predicted molar refractivity (Wildman–Crippen MR) is 87.9 cm³/mol. The van der Waals surface area contributed by atoms with E-state index in [1.165, 1.54) is 5.06 Å². The second-order valence-electron chi connectivity index (χ2n) is 5.57. The predicted octanol–water partition coefficient (Wildman–Crippen LogP) is 3.48. The van der Waals surface area contributed by atoms with Crippen LogP contribution >= 0.6 is 0 Å². The molecule has 3 aromatic rings. The molecule has 0 aromatic heterocycles. The fourth-order valence-electron chi connectivity index (χ4n) is 2.95. The highest BCUT2D eigenvalue weighted by atomic mass is 32.2. The number of benzene rings is 3. The van der Waals surface area contributed by atoms with Gasteiger partial charge in [0.05, 0.1) is 13.1 Å². The summed E-state index contributed by atoms with van der Waals surface area (Å²) in [5.74, 6) is 0. The smallest absolute Gasteiger partial charge is 0.192 e. The average Bonchev–Trinajstić information content (AvgIpc) is 2.95. The van der Waals surface area contributed by atoms with E-state index in [0.717, 1.165) is 16.5 Å². The Balaban J connectivity index is 1.66. The summed E-state index contributed by atoms with van der Waals surface area (Å²) in [5, 5.41) is 3.04. The first-order valence-corrected chi connectivity index (χ1v) is 8.78. The third-order valence-electron chi connectivity index (χ3n) is 4.03. The zero-order chi connectivity index (χ0) is 15.9. The van der Waals surface area contributed by atoms with Crippen LogP contribution in [0.4, 0.5) is 0 Å². The van der Waals surface area contributed by atoms with Crippen molar-refractivity contribution < 1.29 is 12.7 Å². The van der Waals surface area contributed by atoms with Gasteiger partial charge in [-0.05, 0) is 22.6 Å². The minimum Gasteiger partial charge on any atom is -0.192 e. The fourth-order valence-corrected chi connectivity index (χ4v) is 4.11. The zero-order valence-corrected chi connectivity index (χ0v) is 13.2. The van der Waals surface area contributed by atoms with Crippen molar-refractivity contribution >= 4 is 20.9 Å². The number of nitrogens with zero attached hydrogens (tertiary/aromatic N) is 1. The van der Waals surface area contributed by atoms with Crippen molar-refractivity contribution in [3.63, 3.8) is 0 Å². The van der Waals surface area contributed by atoms with Crippen LogP contribution in [0.25, 0.3) is 10.8 Å². The van der Waals surface area contributed by atoms with Gasteiger partial charge < -0.3 is 0 Å². The summed E-state index contributed by atoms with van der Waals surface area (Å²) in [6.07, 6.45) is 0. The third-order valence-corrected chi connectivity index (χ3v) is 5.34. The lowest BCUT2D eigenvalue weighted by Crippen LogP contribution is -2.22. The monoisotopic (exact) mass is 325 g/mol. The van der Waals surface area contributed by atoms with Crippen molar-refractivity contribution in [1.82, 2.24) is 5.06 Å². The molecule has 0 unspecified atom stereocenters. The van der Waals surface area contributed by atoms with E-state index in [1.807, 2.05) is 48.5 Å². The summed E-state index contributed by atoms with van der Waals surface area (Å²) in [4.78, 5) is 0.201. The van der Waals surface area contributed by atoms with Crippen molar-refractivity contribution in [3.8, 4) is 0 Å². The maximum atomic E-state index is 12.7. The van der Waals surface area contributed by atoms with Crippen molar-refractivity contribution in [2.45, 2.75) is 18.0 Å². The molecule has 0 spiro atoms. The number of hydrogen-bond donors (Lipinski definition) is 0. The molecule has 5 heteroatoms. The van der Waals surface area contributed by atoms with Gasteiger partial charge >= 0.3 is 10.1 Å². The Morgan fingerprint density at radius 2 is 1.39 bits per heavy atom. The van der Waals surface area contributed by atoms with E-state index < -0.39 is 10.1 Å². The first-order valence-electron chi connectivity index (χ1n) is 7.37. The summed E-state index contributed by atoms with van der Waals surface area (Å²) in [5.41, 5.74) is 2.20. The Bertz CT molecular complexity index is 952. The van der Waals surface area contributed by atoms with E-state index in [9.17, 15) is 8.42 Å². The van der Waals surface area contributed by atoms with Crippen molar-refractivity contribution in [2.24, 2.45) is 0 Å². The minimum absolute atomic E-state index is 0.201. The van der Waals surface area contributed by atoms with Crippen LogP contribution < -0.4 is 0 Å². The van der Waals surface area contributed by atoms with Crippen LogP contribution in [0.5, 0.6) is 0 Å². The van der Waals surface area contributed by atoms with Gasteiger partial charge in [0, 0.05) is 5.39 Å². The third kappa shape index (κ3) is 2.63. The molecule has 0 radical (unpaired) electrons. The fraction of sp³-hybridized carbons (Fsp3) is 0.111. The van der Waals surface area contributed by atoms with Gasteiger partial charge in [-0.2, -0.15) is 17.8 Å². The minimum atomic E-state index is -3.86. The highest BCUT2D eigenvalue weighted by molar-refractivity contribution is 7.87. The van der Waals surface area contributed by atoms with Gasteiger partial charge in [0.1, 0.15) is 4.90 Å². The molecule has 0 atom stereocenters. The molecular weight excluding hydrogens is 310 g/mol.